The Hall–Kier alpha value is -1.44. The van der Waals surface area contributed by atoms with Crippen molar-refractivity contribution in [2.45, 2.75) is 71.3 Å². The quantitative estimate of drug-likeness (QED) is 0.443. The van der Waals surface area contributed by atoms with Crippen molar-refractivity contribution < 1.29 is 13.2 Å². The van der Waals surface area contributed by atoms with Gasteiger partial charge in [0.1, 0.15) is 15.6 Å². The molecule has 31 heavy (non-hydrogen) atoms. The van der Waals surface area contributed by atoms with E-state index in [2.05, 4.69) is 29.3 Å². The third-order valence-corrected chi connectivity index (χ3v) is 7.28. The average molecular weight is 452 g/mol. The number of nitrogens with one attached hydrogen (secondary N) is 1. The number of Topliss-reactive ketones (excluding diaryl/α,β-unsaturated/α-hetero) is 1. The monoisotopic (exact) mass is 451 g/mol. The predicted molar refractivity (Wildman–Crippen MR) is 129 cm³/mol. The molecule has 0 spiro atoms. The van der Waals surface area contributed by atoms with Crippen LogP contribution in [0.15, 0.2) is 34.6 Å². The van der Waals surface area contributed by atoms with Crippen molar-refractivity contribution in [2.24, 2.45) is 5.73 Å². The highest BCUT2D eigenvalue weighted by Gasteiger charge is 2.15. The molecular weight excluding hydrogens is 410 g/mol. The summed E-state index contributed by atoms with van der Waals surface area (Å²) in [5.74, 6) is 0.119. The molecular formula is C24H41N3O3S. The third kappa shape index (κ3) is 9.71. The van der Waals surface area contributed by atoms with Gasteiger partial charge in [-0.15, -0.1) is 0 Å². The molecule has 6 nitrogen and oxygen atoms in total. The number of rotatable bonds is 12. The molecule has 3 N–H and O–H groups in total. The smallest absolute Gasteiger partial charge is 0.148 e. The van der Waals surface area contributed by atoms with Crippen molar-refractivity contribution in [1.29, 1.82) is 0 Å². The normalized spacial score (nSPS) is 21.8. The van der Waals surface area contributed by atoms with E-state index in [4.69, 9.17) is 5.73 Å². The Morgan fingerprint density at radius 1 is 1.16 bits per heavy atom. The van der Waals surface area contributed by atoms with E-state index in [1.165, 1.54) is 48.4 Å². The summed E-state index contributed by atoms with van der Waals surface area (Å²) in [6.07, 6.45) is 14.1. The Morgan fingerprint density at radius 3 is 2.65 bits per heavy atom. The van der Waals surface area contributed by atoms with Crippen LogP contribution >= 0.6 is 0 Å². The van der Waals surface area contributed by atoms with Crippen molar-refractivity contribution in [3.8, 4) is 0 Å². The first-order chi connectivity index (χ1) is 14.7. The fraction of sp³-hybridized carbons (Fsp3) is 0.708. The van der Waals surface area contributed by atoms with E-state index in [0.29, 0.717) is 19.5 Å². The van der Waals surface area contributed by atoms with Crippen molar-refractivity contribution in [1.82, 2.24) is 10.2 Å². The highest BCUT2D eigenvalue weighted by Crippen LogP contribution is 2.27. The Balaban J connectivity index is 1.86. The van der Waals surface area contributed by atoms with E-state index in [-0.39, 0.29) is 11.5 Å². The van der Waals surface area contributed by atoms with Crippen LogP contribution in [-0.2, 0) is 14.6 Å². The zero-order valence-electron chi connectivity index (χ0n) is 19.6. The summed E-state index contributed by atoms with van der Waals surface area (Å²) in [5.41, 5.74) is 11.7. The van der Waals surface area contributed by atoms with Crippen LogP contribution in [0.5, 0.6) is 0 Å². The topological polar surface area (TPSA) is 92.5 Å². The number of nitrogens with two attached hydrogens (primary N) is 1. The molecule has 0 radical (unpaired) electrons. The standard InChI is InChI=1S/C24H41N3O3S/c1-19-9-12-24-22(8-6-14-26-24)11-10-21(19)7-4-5-15-27(17-18-31(3,29)30)16-13-23(25)20(2)28/h10-11,23,26H,4-9,12-18,25H2,1-3H3/b11-10-,21-19-/t23-/m0/s1. The molecule has 0 aromatic heterocycles. The molecule has 0 bridgehead atoms. The molecule has 1 heterocycles. The predicted octanol–water partition coefficient (Wildman–Crippen LogP) is 3.11. The maximum atomic E-state index is 11.6. The maximum absolute atomic E-state index is 11.6. The van der Waals surface area contributed by atoms with Crippen LogP contribution in [-0.4, -0.2) is 63.3 Å². The molecule has 1 aliphatic carbocycles. The van der Waals surface area contributed by atoms with Crippen LogP contribution in [0.1, 0.15) is 65.2 Å². The van der Waals surface area contributed by atoms with Gasteiger partial charge in [-0.25, -0.2) is 8.42 Å². The maximum Gasteiger partial charge on any atom is 0.148 e. The summed E-state index contributed by atoms with van der Waals surface area (Å²) in [4.78, 5) is 13.6. The molecule has 176 valence electrons. The zero-order chi connectivity index (χ0) is 22.9. The van der Waals surface area contributed by atoms with Gasteiger partial charge >= 0.3 is 0 Å². The van der Waals surface area contributed by atoms with E-state index in [1.54, 1.807) is 0 Å². The van der Waals surface area contributed by atoms with E-state index < -0.39 is 15.9 Å². The number of allylic oxidation sites excluding steroid dienone is 6. The largest absolute Gasteiger partial charge is 0.388 e. The molecule has 2 rings (SSSR count). The number of nitrogens with zero attached hydrogens (tertiary/aromatic N) is 1. The number of hydrogen-bond acceptors (Lipinski definition) is 6. The molecule has 0 aromatic rings. The summed E-state index contributed by atoms with van der Waals surface area (Å²) in [5, 5.41) is 3.57. The first kappa shape index (κ1) is 25.8. The van der Waals surface area contributed by atoms with E-state index in [1.807, 2.05) is 0 Å². The van der Waals surface area contributed by atoms with Crippen LogP contribution in [0, 0.1) is 0 Å². The van der Waals surface area contributed by atoms with Gasteiger partial charge in [0.15, 0.2) is 0 Å². The van der Waals surface area contributed by atoms with Gasteiger partial charge in [-0.2, -0.15) is 0 Å². The van der Waals surface area contributed by atoms with Gasteiger partial charge in [0.2, 0.25) is 0 Å². The Bertz CT molecular complexity index is 812. The number of unbranched alkanes of at least 4 members (excludes halogenated alkanes) is 1. The zero-order valence-corrected chi connectivity index (χ0v) is 20.4. The average Bonchev–Trinajstić information content (AvgIpc) is 2.71. The molecule has 2 aliphatic rings. The molecule has 0 saturated heterocycles. The first-order valence-corrected chi connectivity index (χ1v) is 13.7. The van der Waals surface area contributed by atoms with E-state index in [0.717, 1.165) is 45.2 Å². The van der Waals surface area contributed by atoms with E-state index >= 15 is 0 Å². The molecule has 1 atom stereocenters. The highest BCUT2D eigenvalue weighted by atomic mass is 32.2. The van der Waals surface area contributed by atoms with Crippen molar-refractivity contribution in [2.75, 3.05) is 38.2 Å². The fourth-order valence-electron chi connectivity index (χ4n) is 4.13. The molecule has 0 unspecified atom stereocenters. The van der Waals surface area contributed by atoms with Gasteiger partial charge in [-0.05, 0) is 82.9 Å². The lowest BCUT2D eigenvalue weighted by molar-refractivity contribution is -0.118. The summed E-state index contributed by atoms with van der Waals surface area (Å²) in [6, 6.07) is -0.470. The summed E-state index contributed by atoms with van der Waals surface area (Å²) >= 11 is 0. The lowest BCUT2D eigenvalue weighted by Crippen LogP contribution is -2.37. The van der Waals surface area contributed by atoms with Crippen LogP contribution in [0.3, 0.4) is 0 Å². The molecule has 0 aromatic carbocycles. The minimum atomic E-state index is -3.01. The first-order valence-electron chi connectivity index (χ1n) is 11.6. The lowest BCUT2D eigenvalue weighted by Gasteiger charge is -2.24. The summed E-state index contributed by atoms with van der Waals surface area (Å²) in [7, 11) is -3.01. The second kappa shape index (κ2) is 12.6. The van der Waals surface area contributed by atoms with Crippen LogP contribution in [0.2, 0.25) is 0 Å². The van der Waals surface area contributed by atoms with Crippen LogP contribution < -0.4 is 11.1 Å². The Labute approximate surface area is 188 Å². The fourth-order valence-corrected chi connectivity index (χ4v) is 4.72. The molecule has 1 aliphatic heterocycles. The van der Waals surface area contributed by atoms with Gasteiger partial charge in [-0.3, -0.25) is 4.79 Å². The van der Waals surface area contributed by atoms with Crippen LogP contribution in [0.25, 0.3) is 0 Å². The highest BCUT2D eigenvalue weighted by molar-refractivity contribution is 7.90. The summed E-state index contributed by atoms with van der Waals surface area (Å²) in [6.45, 7) is 6.82. The Kier molecular flexibility index (Phi) is 10.5. The van der Waals surface area contributed by atoms with Crippen molar-refractivity contribution >= 4 is 15.6 Å². The van der Waals surface area contributed by atoms with Gasteiger partial charge < -0.3 is 16.0 Å². The molecule has 0 saturated carbocycles. The number of hydrogen-bond donors (Lipinski definition) is 2. The van der Waals surface area contributed by atoms with Crippen molar-refractivity contribution in [3.05, 3.63) is 34.6 Å². The van der Waals surface area contributed by atoms with Crippen LogP contribution in [0.4, 0.5) is 0 Å². The minimum Gasteiger partial charge on any atom is -0.388 e. The lowest BCUT2D eigenvalue weighted by atomic mass is 9.91. The number of carbonyl (C=O) groups is 1. The molecule has 7 heteroatoms. The van der Waals surface area contributed by atoms with Gasteiger partial charge in [0, 0.05) is 31.6 Å². The second-order valence-corrected chi connectivity index (χ2v) is 11.4. The minimum absolute atomic E-state index is 0.0204. The van der Waals surface area contributed by atoms with Gasteiger partial charge in [0.25, 0.3) is 0 Å². The number of ketones is 1. The number of sulfone groups is 1. The van der Waals surface area contributed by atoms with Gasteiger partial charge in [-0.1, -0.05) is 17.7 Å². The SMILES string of the molecule is CC(=O)[C@@H](N)CCN(CCCCC1=C(\C)CCC2=C(/C=C\1)CCCN2)CCS(C)(=O)=O. The van der Waals surface area contributed by atoms with Crippen molar-refractivity contribution in [3.63, 3.8) is 0 Å². The molecule has 0 amide bonds. The van der Waals surface area contributed by atoms with E-state index in [9.17, 15) is 13.2 Å². The second-order valence-electron chi connectivity index (χ2n) is 9.11. The number of carbonyl (C=O) groups excluding carboxylic acids is 1. The Morgan fingerprint density at radius 2 is 1.94 bits per heavy atom. The summed E-state index contributed by atoms with van der Waals surface area (Å²) < 4.78 is 23.2. The third-order valence-electron chi connectivity index (χ3n) is 6.36. The van der Waals surface area contributed by atoms with Gasteiger partial charge in [0.05, 0.1) is 11.8 Å². The molecule has 0 fully saturated rings.